The van der Waals surface area contributed by atoms with Gasteiger partial charge in [-0.05, 0) is 24.6 Å². The van der Waals surface area contributed by atoms with Crippen LogP contribution >= 0.6 is 0 Å². The maximum Gasteiger partial charge on any atom is 0.586 e. The first kappa shape index (κ1) is 14.3. The Morgan fingerprint density at radius 2 is 2.09 bits per heavy atom. The average molecular weight is 311 g/mol. The molecule has 22 heavy (non-hydrogen) atoms. The molecule has 0 bridgehead atoms. The summed E-state index contributed by atoms with van der Waals surface area (Å²) in [6, 6.07) is 4.36. The van der Waals surface area contributed by atoms with Gasteiger partial charge >= 0.3 is 12.3 Å². The SMILES string of the molecule is CCOC(=O)c1coc(Cc2ccc3c(c2)OC(F)(F)O3)n1. The van der Waals surface area contributed by atoms with Crippen LogP contribution in [0.3, 0.4) is 0 Å². The number of alkyl halides is 2. The number of aromatic nitrogens is 1. The lowest BCUT2D eigenvalue weighted by Gasteiger charge is -2.04. The molecule has 1 aliphatic rings. The molecule has 3 rings (SSSR count). The molecule has 6 nitrogen and oxygen atoms in total. The molecule has 0 fully saturated rings. The van der Waals surface area contributed by atoms with E-state index in [4.69, 9.17) is 9.15 Å². The number of fused-ring (bicyclic) bond motifs is 1. The van der Waals surface area contributed by atoms with Crippen molar-refractivity contribution in [3.63, 3.8) is 0 Å². The van der Waals surface area contributed by atoms with Crippen LogP contribution < -0.4 is 9.47 Å². The predicted molar refractivity (Wildman–Crippen MR) is 67.9 cm³/mol. The van der Waals surface area contributed by atoms with Gasteiger partial charge in [0, 0.05) is 6.42 Å². The molecular formula is C14H11F2NO5. The maximum atomic E-state index is 12.9. The van der Waals surface area contributed by atoms with Gasteiger partial charge < -0.3 is 18.6 Å². The van der Waals surface area contributed by atoms with Gasteiger partial charge in [0.25, 0.3) is 0 Å². The largest absolute Gasteiger partial charge is 0.586 e. The lowest BCUT2D eigenvalue weighted by Crippen LogP contribution is -2.25. The molecule has 116 valence electrons. The highest BCUT2D eigenvalue weighted by molar-refractivity contribution is 5.86. The van der Waals surface area contributed by atoms with Crippen molar-refractivity contribution in [2.24, 2.45) is 0 Å². The fourth-order valence-corrected chi connectivity index (χ4v) is 1.97. The van der Waals surface area contributed by atoms with Gasteiger partial charge in [0.2, 0.25) is 0 Å². The van der Waals surface area contributed by atoms with Gasteiger partial charge in [-0.15, -0.1) is 8.78 Å². The zero-order chi connectivity index (χ0) is 15.7. The Morgan fingerprint density at radius 3 is 2.86 bits per heavy atom. The highest BCUT2D eigenvalue weighted by Gasteiger charge is 2.43. The third-order valence-electron chi connectivity index (χ3n) is 2.86. The number of ether oxygens (including phenoxy) is 3. The number of oxazole rings is 1. The lowest BCUT2D eigenvalue weighted by molar-refractivity contribution is -0.286. The second kappa shape index (κ2) is 5.28. The number of carbonyl (C=O) groups excluding carboxylic acids is 1. The summed E-state index contributed by atoms with van der Waals surface area (Å²) in [5.74, 6) is -0.412. The molecule has 1 aromatic heterocycles. The highest BCUT2D eigenvalue weighted by atomic mass is 19.3. The van der Waals surface area contributed by atoms with E-state index in [1.807, 2.05) is 0 Å². The van der Waals surface area contributed by atoms with Crippen molar-refractivity contribution < 1.29 is 32.2 Å². The van der Waals surface area contributed by atoms with Crippen LogP contribution in [-0.2, 0) is 11.2 Å². The van der Waals surface area contributed by atoms with Crippen LogP contribution in [0.4, 0.5) is 8.78 Å². The Morgan fingerprint density at radius 1 is 1.32 bits per heavy atom. The minimum atomic E-state index is -3.65. The Labute approximate surface area is 123 Å². The van der Waals surface area contributed by atoms with Crippen molar-refractivity contribution in [1.82, 2.24) is 4.98 Å². The number of hydrogen-bond acceptors (Lipinski definition) is 6. The standard InChI is InChI=1S/C14H11F2NO5/c1-2-19-13(18)9-7-20-12(17-9)6-8-3-4-10-11(5-8)22-14(15,16)21-10/h3-5,7H,2,6H2,1H3. The van der Waals surface area contributed by atoms with Crippen molar-refractivity contribution in [1.29, 1.82) is 0 Å². The molecule has 1 aliphatic heterocycles. The summed E-state index contributed by atoms with van der Waals surface area (Å²) in [7, 11) is 0. The van der Waals surface area contributed by atoms with E-state index in [0.29, 0.717) is 5.56 Å². The van der Waals surface area contributed by atoms with Crippen molar-refractivity contribution in [2.75, 3.05) is 6.61 Å². The van der Waals surface area contributed by atoms with E-state index in [-0.39, 0.29) is 36.1 Å². The van der Waals surface area contributed by atoms with Crippen molar-refractivity contribution in [3.8, 4) is 11.5 Å². The number of hydrogen-bond donors (Lipinski definition) is 0. The highest BCUT2D eigenvalue weighted by Crippen LogP contribution is 2.41. The predicted octanol–water partition coefficient (Wildman–Crippen LogP) is 2.76. The van der Waals surface area contributed by atoms with Gasteiger partial charge in [0.1, 0.15) is 6.26 Å². The second-order valence-electron chi connectivity index (χ2n) is 4.47. The zero-order valence-electron chi connectivity index (χ0n) is 11.5. The number of rotatable bonds is 4. The van der Waals surface area contributed by atoms with E-state index in [1.54, 1.807) is 13.0 Å². The quantitative estimate of drug-likeness (QED) is 0.809. The minimum absolute atomic E-state index is 0.0339. The smallest absolute Gasteiger partial charge is 0.461 e. The molecule has 0 aliphatic carbocycles. The molecule has 0 spiro atoms. The van der Waals surface area contributed by atoms with E-state index in [2.05, 4.69) is 14.5 Å². The third-order valence-corrected chi connectivity index (χ3v) is 2.86. The first-order valence-electron chi connectivity index (χ1n) is 6.47. The number of carbonyl (C=O) groups is 1. The average Bonchev–Trinajstić information content (AvgIpc) is 3.01. The van der Waals surface area contributed by atoms with E-state index in [0.717, 1.165) is 0 Å². The lowest BCUT2D eigenvalue weighted by atomic mass is 10.1. The Kier molecular flexibility index (Phi) is 3.44. The summed E-state index contributed by atoms with van der Waals surface area (Å²) < 4.78 is 44.5. The normalized spacial score (nSPS) is 14.9. The van der Waals surface area contributed by atoms with Crippen LogP contribution in [0, 0.1) is 0 Å². The zero-order valence-corrected chi connectivity index (χ0v) is 11.5. The molecule has 2 aromatic rings. The fraction of sp³-hybridized carbons (Fsp3) is 0.286. The van der Waals surface area contributed by atoms with Crippen LogP contribution in [0.25, 0.3) is 0 Å². The molecule has 0 atom stereocenters. The minimum Gasteiger partial charge on any atom is -0.461 e. The molecule has 0 saturated heterocycles. The number of esters is 1. The summed E-state index contributed by atoms with van der Waals surface area (Å²) in [6.45, 7) is 1.92. The first-order valence-corrected chi connectivity index (χ1v) is 6.47. The third kappa shape index (κ3) is 2.85. The monoisotopic (exact) mass is 311 g/mol. The molecular weight excluding hydrogens is 300 g/mol. The van der Waals surface area contributed by atoms with Crippen LogP contribution in [-0.4, -0.2) is 23.9 Å². The summed E-state index contributed by atoms with van der Waals surface area (Å²) >= 11 is 0. The Bertz CT molecular complexity index is 713. The van der Waals surface area contributed by atoms with Crippen molar-refractivity contribution in [3.05, 3.63) is 41.6 Å². The Balaban J connectivity index is 1.74. The topological polar surface area (TPSA) is 70.8 Å². The Hall–Kier alpha value is -2.64. The van der Waals surface area contributed by atoms with Crippen LogP contribution in [0.5, 0.6) is 11.5 Å². The van der Waals surface area contributed by atoms with Crippen LogP contribution in [0.1, 0.15) is 28.9 Å². The molecule has 8 heteroatoms. The van der Waals surface area contributed by atoms with E-state index in [9.17, 15) is 13.6 Å². The molecule has 0 N–H and O–H groups in total. The van der Waals surface area contributed by atoms with Gasteiger partial charge in [0.05, 0.1) is 6.61 Å². The van der Waals surface area contributed by atoms with Gasteiger partial charge in [-0.1, -0.05) is 6.07 Å². The maximum absolute atomic E-state index is 12.9. The van der Waals surface area contributed by atoms with E-state index in [1.165, 1.54) is 18.4 Å². The van der Waals surface area contributed by atoms with Gasteiger partial charge in [-0.25, -0.2) is 9.78 Å². The fourth-order valence-electron chi connectivity index (χ4n) is 1.97. The molecule has 0 unspecified atom stereocenters. The van der Waals surface area contributed by atoms with Crippen LogP contribution in [0.2, 0.25) is 0 Å². The van der Waals surface area contributed by atoms with E-state index < -0.39 is 12.3 Å². The van der Waals surface area contributed by atoms with Crippen molar-refractivity contribution in [2.45, 2.75) is 19.6 Å². The van der Waals surface area contributed by atoms with Crippen molar-refractivity contribution >= 4 is 5.97 Å². The van der Waals surface area contributed by atoms with Gasteiger partial charge in [-0.2, -0.15) is 0 Å². The molecule has 2 heterocycles. The molecule has 1 aromatic carbocycles. The van der Waals surface area contributed by atoms with Crippen LogP contribution in [0.15, 0.2) is 28.9 Å². The molecule has 0 saturated carbocycles. The summed E-state index contributed by atoms with van der Waals surface area (Å²) in [5.41, 5.74) is 0.682. The number of halogens is 2. The second-order valence-corrected chi connectivity index (χ2v) is 4.47. The summed E-state index contributed by atoms with van der Waals surface area (Å²) in [4.78, 5) is 15.5. The first-order chi connectivity index (χ1) is 10.5. The molecule has 0 amide bonds. The number of benzene rings is 1. The van der Waals surface area contributed by atoms with Gasteiger partial charge in [0.15, 0.2) is 23.1 Å². The summed E-state index contributed by atoms with van der Waals surface area (Å²) in [5, 5.41) is 0. The number of nitrogens with zero attached hydrogens (tertiary/aromatic N) is 1. The molecule has 0 radical (unpaired) electrons. The van der Waals surface area contributed by atoms with Gasteiger partial charge in [-0.3, -0.25) is 0 Å². The van der Waals surface area contributed by atoms with E-state index >= 15 is 0 Å². The summed E-state index contributed by atoms with van der Waals surface area (Å²) in [6.07, 6.45) is -2.25.